The molecule has 0 unspecified atom stereocenters. The Morgan fingerprint density at radius 2 is 1.77 bits per heavy atom. The van der Waals surface area contributed by atoms with Crippen molar-refractivity contribution in [2.45, 2.75) is 0 Å². The second kappa shape index (κ2) is 5.02. The van der Waals surface area contributed by atoms with Crippen LogP contribution in [0.2, 0.25) is 0 Å². The predicted octanol–water partition coefficient (Wildman–Crippen LogP) is 0.0524. The summed E-state index contributed by atoms with van der Waals surface area (Å²) >= 11 is 0. The number of rotatable bonds is 1. The Morgan fingerprint density at radius 1 is 1.00 bits per heavy atom. The van der Waals surface area contributed by atoms with Gasteiger partial charge in [0.2, 0.25) is 0 Å². The van der Waals surface area contributed by atoms with Crippen molar-refractivity contribution in [2.75, 3.05) is 0 Å². The topological polar surface area (TPSA) is 0 Å². The molecule has 0 bridgehead atoms. The summed E-state index contributed by atoms with van der Waals surface area (Å²) in [4.78, 5) is 0. The SMILES string of the molecule is [CH]1C=C(c2ccccc2)C=C[CH-]1.[Li+]. The van der Waals surface area contributed by atoms with Crippen molar-refractivity contribution >= 4 is 5.57 Å². The van der Waals surface area contributed by atoms with E-state index in [1.807, 2.05) is 12.5 Å². The van der Waals surface area contributed by atoms with Gasteiger partial charge in [0.25, 0.3) is 0 Å². The molecule has 13 heavy (non-hydrogen) atoms. The molecule has 0 nitrogen and oxygen atoms in total. The van der Waals surface area contributed by atoms with E-state index in [9.17, 15) is 0 Å². The molecule has 0 spiro atoms. The average Bonchev–Trinajstić information content (AvgIpc) is 2.21. The summed E-state index contributed by atoms with van der Waals surface area (Å²) in [5, 5.41) is 0. The molecule has 0 saturated heterocycles. The fourth-order valence-electron chi connectivity index (χ4n) is 1.26. The van der Waals surface area contributed by atoms with Gasteiger partial charge in [-0.15, -0.1) is 11.6 Å². The van der Waals surface area contributed by atoms with Crippen LogP contribution in [0, 0.1) is 12.8 Å². The largest absolute Gasteiger partial charge is 1.00 e. The second-order valence-corrected chi connectivity index (χ2v) is 2.73. The van der Waals surface area contributed by atoms with Gasteiger partial charge < -0.3 is 0 Å². The zero-order valence-corrected chi connectivity index (χ0v) is 7.77. The normalized spacial score (nSPS) is 14.0. The molecular weight excluding hydrogens is 151 g/mol. The molecule has 1 heteroatoms. The van der Waals surface area contributed by atoms with E-state index in [0.29, 0.717) is 0 Å². The summed E-state index contributed by atoms with van der Waals surface area (Å²) in [6.07, 6.45) is 10.4. The molecule has 1 aliphatic rings. The standard InChI is InChI=1S/C12H10.Li/c1-3-7-11(8-4-1)12-9-5-2-6-10-12;/h1-10H;/q-1;+1. The maximum Gasteiger partial charge on any atom is 1.00 e. The third-order valence-corrected chi connectivity index (χ3v) is 1.88. The van der Waals surface area contributed by atoms with Crippen molar-refractivity contribution < 1.29 is 18.9 Å². The van der Waals surface area contributed by atoms with Gasteiger partial charge in [-0.1, -0.05) is 36.8 Å². The van der Waals surface area contributed by atoms with Crippen LogP contribution in [0.3, 0.4) is 0 Å². The smallest absolute Gasteiger partial charge is 0.227 e. The Balaban J connectivity index is 0.000000845. The Labute approximate surface area is 91.5 Å². The Kier molecular flexibility index (Phi) is 3.96. The van der Waals surface area contributed by atoms with Crippen LogP contribution in [-0.2, 0) is 0 Å². The zero-order chi connectivity index (χ0) is 8.23. The number of hydrogen-bond acceptors (Lipinski definition) is 0. The molecule has 0 aromatic heterocycles. The van der Waals surface area contributed by atoms with E-state index in [0.717, 1.165) is 0 Å². The molecule has 0 amide bonds. The van der Waals surface area contributed by atoms with E-state index in [1.165, 1.54) is 11.1 Å². The number of hydrogen-bond donors (Lipinski definition) is 0. The van der Waals surface area contributed by atoms with Gasteiger partial charge in [0, 0.05) is 0 Å². The third-order valence-electron chi connectivity index (χ3n) is 1.88. The van der Waals surface area contributed by atoms with Crippen molar-refractivity contribution in [3.63, 3.8) is 0 Å². The third kappa shape index (κ3) is 2.55. The first kappa shape index (κ1) is 10.2. The van der Waals surface area contributed by atoms with Gasteiger partial charge in [-0.25, -0.2) is 18.6 Å². The van der Waals surface area contributed by atoms with Crippen LogP contribution in [0.5, 0.6) is 0 Å². The molecular formula is C12H10Li. The minimum atomic E-state index is 0. The quantitative estimate of drug-likeness (QED) is 0.403. The second-order valence-electron chi connectivity index (χ2n) is 2.73. The Morgan fingerprint density at radius 3 is 2.38 bits per heavy atom. The van der Waals surface area contributed by atoms with Gasteiger partial charge in [0.15, 0.2) is 0 Å². The molecule has 1 aromatic carbocycles. The maximum absolute atomic E-state index is 2.12. The van der Waals surface area contributed by atoms with Crippen LogP contribution in [0.1, 0.15) is 5.56 Å². The van der Waals surface area contributed by atoms with Gasteiger partial charge in [-0.3, -0.25) is 0 Å². The molecule has 0 saturated carbocycles. The van der Waals surface area contributed by atoms with Gasteiger partial charge in [-0.2, -0.15) is 0 Å². The van der Waals surface area contributed by atoms with E-state index >= 15 is 0 Å². The van der Waals surface area contributed by atoms with Gasteiger partial charge in [-0.05, 0) is 5.56 Å². The summed E-state index contributed by atoms with van der Waals surface area (Å²) in [5.41, 5.74) is 2.55. The summed E-state index contributed by atoms with van der Waals surface area (Å²) < 4.78 is 0. The Hall–Kier alpha value is -0.833. The Bertz CT molecular complexity index is 309. The fraction of sp³-hybridized carbons (Fsp3) is 0. The molecule has 0 heterocycles. The van der Waals surface area contributed by atoms with Crippen LogP contribution in [0.15, 0.2) is 48.6 Å². The van der Waals surface area contributed by atoms with Crippen LogP contribution < -0.4 is 18.9 Å². The summed E-state index contributed by atoms with van der Waals surface area (Å²) in [5.74, 6) is 0. The minimum Gasteiger partial charge on any atom is -0.227 e. The molecule has 0 aliphatic heterocycles. The van der Waals surface area contributed by atoms with Gasteiger partial charge >= 0.3 is 18.9 Å². The molecule has 59 valence electrons. The van der Waals surface area contributed by atoms with Crippen molar-refractivity contribution in [2.24, 2.45) is 0 Å². The monoisotopic (exact) mass is 161 g/mol. The predicted molar refractivity (Wildman–Crippen MR) is 52.2 cm³/mol. The fourth-order valence-corrected chi connectivity index (χ4v) is 1.26. The molecule has 0 atom stereocenters. The van der Waals surface area contributed by atoms with Crippen molar-refractivity contribution in [1.82, 2.24) is 0 Å². The average molecular weight is 161 g/mol. The van der Waals surface area contributed by atoms with E-state index in [2.05, 4.69) is 48.9 Å². The molecule has 1 aliphatic carbocycles. The molecule has 0 N–H and O–H groups in total. The molecule has 0 fully saturated rings. The zero-order valence-electron chi connectivity index (χ0n) is 7.77. The molecule has 2 rings (SSSR count). The van der Waals surface area contributed by atoms with E-state index in [1.54, 1.807) is 0 Å². The minimum absolute atomic E-state index is 0. The van der Waals surface area contributed by atoms with Crippen LogP contribution in [0.25, 0.3) is 5.57 Å². The first-order chi connectivity index (χ1) is 5.97. The van der Waals surface area contributed by atoms with Crippen molar-refractivity contribution in [3.8, 4) is 0 Å². The first-order valence-corrected chi connectivity index (χ1v) is 4.07. The summed E-state index contributed by atoms with van der Waals surface area (Å²) in [6.45, 7) is 0. The van der Waals surface area contributed by atoms with Crippen LogP contribution in [-0.4, -0.2) is 0 Å². The first-order valence-electron chi connectivity index (χ1n) is 4.07. The van der Waals surface area contributed by atoms with Crippen LogP contribution in [0.4, 0.5) is 0 Å². The van der Waals surface area contributed by atoms with Crippen LogP contribution >= 0.6 is 0 Å². The van der Waals surface area contributed by atoms with E-state index in [-0.39, 0.29) is 18.9 Å². The summed E-state index contributed by atoms with van der Waals surface area (Å²) in [6, 6.07) is 10.4. The molecule has 1 radical (unpaired) electrons. The van der Waals surface area contributed by atoms with E-state index < -0.39 is 0 Å². The van der Waals surface area contributed by atoms with E-state index in [4.69, 9.17) is 0 Å². The number of benzene rings is 1. The maximum atomic E-state index is 2.12. The van der Waals surface area contributed by atoms with Crippen molar-refractivity contribution in [1.29, 1.82) is 0 Å². The molecule has 1 aromatic rings. The van der Waals surface area contributed by atoms with Crippen molar-refractivity contribution in [3.05, 3.63) is 67.0 Å². The summed E-state index contributed by atoms with van der Waals surface area (Å²) in [7, 11) is 0. The van der Waals surface area contributed by atoms with Gasteiger partial charge in [0.05, 0.1) is 0 Å². The van der Waals surface area contributed by atoms with Gasteiger partial charge in [0.1, 0.15) is 0 Å². The number of allylic oxidation sites excluding steroid dienone is 4.